The van der Waals surface area contributed by atoms with Gasteiger partial charge in [0, 0.05) is 18.9 Å². The van der Waals surface area contributed by atoms with Crippen molar-refractivity contribution in [2.75, 3.05) is 26.4 Å². The number of ether oxygens (including phenoxy) is 1. The molecular weight excluding hydrogens is 189 g/mol. The normalized spacial score (nSPS) is 21.4. The number of hydrogen-bond acceptors (Lipinski definition) is 3. The van der Waals surface area contributed by atoms with E-state index in [0.717, 1.165) is 0 Å². The topological polar surface area (TPSA) is 46.6 Å². The van der Waals surface area contributed by atoms with Crippen molar-refractivity contribution in [2.24, 2.45) is 5.92 Å². The Bertz CT molecular complexity index is 232. The van der Waals surface area contributed by atoms with Gasteiger partial charge in [0.1, 0.15) is 6.54 Å². The fourth-order valence-corrected chi connectivity index (χ4v) is 1.47. The average Bonchev–Trinajstić information content (AvgIpc) is 2.48. The van der Waals surface area contributed by atoms with Crippen LogP contribution in [0.3, 0.4) is 0 Å². The molecule has 1 atom stereocenters. The van der Waals surface area contributed by atoms with Crippen LogP contribution in [0.4, 0.5) is 4.39 Å². The van der Waals surface area contributed by atoms with Crippen LogP contribution in [0.5, 0.6) is 0 Å². The van der Waals surface area contributed by atoms with Gasteiger partial charge in [0.15, 0.2) is 0 Å². The summed E-state index contributed by atoms with van der Waals surface area (Å²) in [5.41, 5.74) is 0. The largest absolute Gasteiger partial charge is 0.465 e. The minimum Gasteiger partial charge on any atom is -0.465 e. The summed E-state index contributed by atoms with van der Waals surface area (Å²) in [6, 6.07) is 0. The van der Waals surface area contributed by atoms with Gasteiger partial charge < -0.3 is 9.64 Å². The van der Waals surface area contributed by atoms with Gasteiger partial charge >= 0.3 is 5.97 Å². The van der Waals surface area contributed by atoms with Crippen LogP contribution in [-0.2, 0) is 14.3 Å². The van der Waals surface area contributed by atoms with E-state index in [2.05, 4.69) is 0 Å². The van der Waals surface area contributed by atoms with Crippen LogP contribution in [0.2, 0.25) is 0 Å². The van der Waals surface area contributed by atoms with E-state index in [1.54, 1.807) is 6.92 Å². The molecule has 1 heterocycles. The fourth-order valence-electron chi connectivity index (χ4n) is 1.47. The Morgan fingerprint density at radius 3 is 2.93 bits per heavy atom. The summed E-state index contributed by atoms with van der Waals surface area (Å²) in [6.07, 6.45) is 0.204. The smallest absolute Gasteiger partial charge is 0.325 e. The van der Waals surface area contributed by atoms with Gasteiger partial charge in [0.25, 0.3) is 0 Å². The molecule has 4 nitrogen and oxygen atoms in total. The van der Waals surface area contributed by atoms with E-state index in [4.69, 9.17) is 4.74 Å². The van der Waals surface area contributed by atoms with Crippen molar-refractivity contribution >= 4 is 11.9 Å². The molecule has 80 valence electrons. The number of likely N-dealkylation sites (tertiary alicyclic amines) is 1. The van der Waals surface area contributed by atoms with Crippen LogP contribution >= 0.6 is 0 Å². The molecule has 0 radical (unpaired) electrons. The summed E-state index contributed by atoms with van der Waals surface area (Å²) in [5, 5.41) is 0. The third-order valence-electron chi connectivity index (χ3n) is 2.14. The van der Waals surface area contributed by atoms with Crippen LogP contribution in [0.1, 0.15) is 13.3 Å². The Morgan fingerprint density at radius 1 is 1.71 bits per heavy atom. The van der Waals surface area contributed by atoms with Crippen LogP contribution < -0.4 is 0 Å². The first kappa shape index (κ1) is 10.9. The Balaban J connectivity index is 2.38. The van der Waals surface area contributed by atoms with Crippen LogP contribution in [0.15, 0.2) is 0 Å². The predicted octanol–water partition coefficient (Wildman–Crippen LogP) is 0.368. The van der Waals surface area contributed by atoms with E-state index in [0.29, 0.717) is 13.2 Å². The molecule has 0 N–H and O–H groups in total. The monoisotopic (exact) mass is 203 g/mol. The van der Waals surface area contributed by atoms with Gasteiger partial charge in [-0.15, -0.1) is 0 Å². The van der Waals surface area contributed by atoms with Gasteiger partial charge in [0.05, 0.1) is 13.3 Å². The second-order valence-electron chi connectivity index (χ2n) is 3.30. The Labute approximate surface area is 82.0 Å². The van der Waals surface area contributed by atoms with Crippen molar-refractivity contribution in [2.45, 2.75) is 13.3 Å². The number of rotatable bonds is 4. The maximum atomic E-state index is 12.2. The Kier molecular flexibility index (Phi) is 3.85. The Hall–Kier alpha value is -1.13. The highest BCUT2D eigenvalue weighted by Crippen LogP contribution is 2.17. The number of carbonyl (C=O) groups excluding carboxylic acids is 2. The summed E-state index contributed by atoms with van der Waals surface area (Å²) >= 11 is 0. The van der Waals surface area contributed by atoms with E-state index >= 15 is 0 Å². The van der Waals surface area contributed by atoms with Gasteiger partial charge in [-0.3, -0.25) is 14.0 Å². The molecular formula is C9H14FNO3. The molecule has 5 heteroatoms. The molecule has 1 aliphatic rings. The highest BCUT2D eigenvalue weighted by molar-refractivity contribution is 5.83. The number of carbonyl (C=O) groups is 2. The average molecular weight is 203 g/mol. The number of alkyl halides is 1. The number of amides is 1. The predicted molar refractivity (Wildman–Crippen MR) is 47.3 cm³/mol. The third-order valence-corrected chi connectivity index (χ3v) is 2.14. The van der Waals surface area contributed by atoms with Crippen molar-refractivity contribution < 1.29 is 18.7 Å². The summed E-state index contributed by atoms with van der Waals surface area (Å²) < 4.78 is 16.9. The molecule has 0 aromatic carbocycles. The SMILES string of the molecule is CCOC(=O)CN1C[C@@H](CF)CC1=O. The molecule has 1 rings (SSSR count). The standard InChI is InChI=1S/C9H14FNO3/c1-2-14-9(13)6-11-5-7(4-10)3-8(11)12/h7H,2-6H2,1H3/t7-/m1/s1. The molecule has 0 spiro atoms. The first-order valence-corrected chi connectivity index (χ1v) is 4.66. The summed E-state index contributed by atoms with van der Waals surface area (Å²) in [4.78, 5) is 23.6. The first-order valence-electron chi connectivity index (χ1n) is 4.66. The minimum atomic E-state index is -0.509. The zero-order valence-electron chi connectivity index (χ0n) is 8.16. The van der Waals surface area contributed by atoms with Crippen molar-refractivity contribution in [1.29, 1.82) is 0 Å². The van der Waals surface area contributed by atoms with Gasteiger partial charge in [-0.25, -0.2) is 0 Å². The molecule has 1 amide bonds. The number of halogens is 1. The van der Waals surface area contributed by atoms with E-state index in [1.807, 2.05) is 0 Å². The van der Waals surface area contributed by atoms with Crippen molar-refractivity contribution in [3.63, 3.8) is 0 Å². The lowest BCUT2D eigenvalue weighted by Gasteiger charge is -2.14. The van der Waals surface area contributed by atoms with Crippen molar-refractivity contribution in [1.82, 2.24) is 4.90 Å². The van der Waals surface area contributed by atoms with Crippen molar-refractivity contribution in [3.8, 4) is 0 Å². The lowest BCUT2D eigenvalue weighted by molar-refractivity contribution is -0.147. The zero-order chi connectivity index (χ0) is 10.6. The van der Waals surface area contributed by atoms with E-state index in [-0.39, 0.29) is 24.8 Å². The van der Waals surface area contributed by atoms with E-state index < -0.39 is 12.6 Å². The fraction of sp³-hybridized carbons (Fsp3) is 0.778. The molecule has 1 saturated heterocycles. The first-order chi connectivity index (χ1) is 6.67. The second kappa shape index (κ2) is 4.93. The quantitative estimate of drug-likeness (QED) is 0.620. The van der Waals surface area contributed by atoms with E-state index in [1.165, 1.54) is 4.90 Å². The molecule has 1 aliphatic heterocycles. The molecule has 14 heavy (non-hydrogen) atoms. The van der Waals surface area contributed by atoms with Gasteiger partial charge in [-0.1, -0.05) is 0 Å². The molecule has 0 bridgehead atoms. The van der Waals surface area contributed by atoms with Gasteiger partial charge in [0.2, 0.25) is 5.91 Å². The van der Waals surface area contributed by atoms with Gasteiger partial charge in [-0.2, -0.15) is 0 Å². The van der Waals surface area contributed by atoms with Crippen LogP contribution in [0, 0.1) is 5.92 Å². The molecule has 0 unspecified atom stereocenters. The van der Waals surface area contributed by atoms with Gasteiger partial charge in [-0.05, 0) is 6.92 Å². The number of hydrogen-bond donors (Lipinski definition) is 0. The second-order valence-corrected chi connectivity index (χ2v) is 3.30. The maximum Gasteiger partial charge on any atom is 0.325 e. The highest BCUT2D eigenvalue weighted by atomic mass is 19.1. The highest BCUT2D eigenvalue weighted by Gasteiger charge is 2.30. The molecule has 0 saturated carbocycles. The summed E-state index contributed by atoms with van der Waals surface area (Å²) in [6.45, 7) is 1.77. The lowest BCUT2D eigenvalue weighted by Crippen LogP contribution is -2.32. The molecule has 1 fully saturated rings. The molecule has 0 aliphatic carbocycles. The molecule has 0 aromatic heterocycles. The van der Waals surface area contributed by atoms with Crippen LogP contribution in [0.25, 0.3) is 0 Å². The number of esters is 1. The summed E-state index contributed by atoms with van der Waals surface area (Å²) in [5.74, 6) is -0.849. The third kappa shape index (κ3) is 2.68. The summed E-state index contributed by atoms with van der Waals surface area (Å²) in [7, 11) is 0. The maximum absolute atomic E-state index is 12.2. The van der Waals surface area contributed by atoms with Crippen molar-refractivity contribution in [3.05, 3.63) is 0 Å². The minimum absolute atomic E-state index is 0.0524. The van der Waals surface area contributed by atoms with E-state index in [9.17, 15) is 14.0 Å². The number of nitrogens with zero attached hydrogens (tertiary/aromatic N) is 1. The lowest BCUT2D eigenvalue weighted by atomic mass is 10.1. The van der Waals surface area contributed by atoms with Crippen LogP contribution in [-0.4, -0.2) is 43.1 Å². The Morgan fingerprint density at radius 2 is 2.43 bits per heavy atom. The zero-order valence-corrected chi connectivity index (χ0v) is 8.16. The molecule has 0 aromatic rings.